The molecule has 1 aliphatic rings. The van der Waals surface area contributed by atoms with E-state index < -0.39 is 5.97 Å². The Labute approximate surface area is 201 Å². The van der Waals surface area contributed by atoms with Crippen LogP contribution in [-0.2, 0) is 24.1 Å². The number of aromatic nitrogens is 1. The number of aryl methyl sites for hydroxylation is 2. The monoisotopic (exact) mass is 459 g/mol. The summed E-state index contributed by atoms with van der Waals surface area (Å²) in [6.45, 7) is 8.03. The van der Waals surface area contributed by atoms with E-state index in [0.717, 1.165) is 72.5 Å². The molecule has 1 fully saturated rings. The number of nitrogens with zero attached hydrogens (tertiary/aromatic N) is 2. The number of nitrogens with one attached hydrogen (secondary N) is 1. The fraction of sp³-hybridized carbons (Fsp3) is 0.357. The lowest BCUT2D eigenvalue weighted by Crippen LogP contribution is -2.27. The van der Waals surface area contributed by atoms with Crippen LogP contribution in [0.15, 0.2) is 54.9 Å². The van der Waals surface area contributed by atoms with E-state index in [9.17, 15) is 9.90 Å². The van der Waals surface area contributed by atoms with E-state index in [2.05, 4.69) is 41.2 Å². The van der Waals surface area contributed by atoms with E-state index in [-0.39, 0.29) is 0 Å². The number of aromatic carboxylic acids is 1. The zero-order chi connectivity index (χ0) is 23.9. The van der Waals surface area contributed by atoms with E-state index >= 15 is 0 Å². The van der Waals surface area contributed by atoms with Gasteiger partial charge in [-0.05, 0) is 77.4 Å². The molecule has 0 saturated carbocycles. The Morgan fingerprint density at radius 1 is 1.00 bits per heavy atom. The zero-order valence-electron chi connectivity index (χ0n) is 20.0. The number of carbonyl (C=O) groups is 1. The number of ether oxygens (including phenoxy) is 1. The molecule has 178 valence electrons. The predicted octanol–water partition coefficient (Wildman–Crippen LogP) is 5.54. The molecule has 2 N–H and O–H groups in total. The number of pyridine rings is 1. The van der Waals surface area contributed by atoms with Crippen LogP contribution >= 0.6 is 0 Å². The fourth-order valence-electron chi connectivity index (χ4n) is 4.62. The van der Waals surface area contributed by atoms with E-state index in [1.165, 1.54) is 0 Å². The Morgan fingerprint density at radius 2 is 1.74 bits per heavy atom. The van der Waals surface area contributed by atoms with Crippen molar-refractivity contribution in [2.75, 3.05) is 31.6 Å². The Bertz CT molecular complexity index is 1100. The lowest BCUT2D eigenvalue weighted by molar-refractivity contribution is 0.0695. The van der Waals surface area contributed by atoms with Crippen LogP contribution in [0.3, 0.4) is 0 Å². The quantitative estimate of drug-likeness (QED) is 0.461. The van der Waals surface area contributed by atoms with Crippen LogP contribution < -0.4 is 5.32 Å². The van der Waals surface area contributed by atoms with Gasteiger partial charge in [-0.25, -0.2) is 4.79 Å². The van der Waals surface area contributed by atoms with Crippen molar-refractivity contribution in [3.8, 4) is 11.1 Å². The summed E-state index contributed by atoms with van der Waals surface area (Å²) in [6.07, 6.45) is 6.25. The lowest BCUT2D eigenvalue weighted by atomic mass is 9.95. The maximum absolute atomic E-state index is 12.4. The largest absolute Gasteiger partial charge is 0.478 e. The second-order valence-corrected chi connectivity index (χ2v) is 8.62. The zero-order valence-corrected chi connectivity index (χ0v) is 20.0. The van der Waals surface area contributed by atoms with Gasteiger partial charge in [0.05, 0.1) is 17.9 Å². The number of hydrogen-bond acceptors (Lipinski definition) is 5. The summed E-state index contributed by atoms with van der Waals surface area (Å²) in [7, 11) is 0. The van der Waals surface area contributed by atoms with Gasteiger partial charge in [0.1, 0.15) is 0 Å². The standard InChI is InChI=1S/C28H33N3O3/c1-3-20-17-24(22-9-11-29-12-10-22)18-21(4-2)27(20)30-25-8-5-7-23(26(25)28(32)33)19-31-13-6-15-34-16-14-31/h5,7-12,17-18,30H,3-4,6,13-16,19H2,1-2H3,(H,32,33). The number of carboxylic acid groups (broad SMARTS) is 1. The molecule has 2 heterocycles. The van der Waals surface area contributed by atoms with Crippen LogP contribution in [0.1, 0.15) is 47.3 Å². The third-order valence-electron chi connectivity index (χ3n) is 6.41. The van der Waals surface area contributed by atoms with E-state index in [0.29, 0.717) is 24.4 Å². The molecule has 1 aliphatic heterocycles. The van der Waals surface area contributed by atoms with Gasteiger partial charge in [-0.15, -0.1) is 0 Å². The summed E-state index contributed by atoms with van der Waals surface area (Å²) in [5, 5.41) is 13.7. The van der Waals surface area contributed by atoms with Crippen LogP contribution in [0.2, 0.25) is 0 Å². The number of benzene rings is 2. The Hall–Kier alpha value is -3.22. The van der Waals surface area contributed by atoms with E-state index in [1.807, 2.05) is 30.3 Å². The van der Waals surface area contributed by atoms with Crippen LogP contribution in [-0.4, -0.2) is 47.3 Å². The molecule has 0 amide bonds. The van der Waals surface area contributed by atoms with Crippen LogP contribution in [0.4, 0.5) is 11.4 Å². The average molecular weight is 460 g/mol. The number of carboxylic acids is 1. The molecule has 1 saturated heterocycles. The highest BCUT2D eigenvalue weighted by Crippen LogP contribution is 2.34. The Balaban J connectivity index is 1.71. The minimum atomic E-state index is -0.909. The fourth-order valence-corrected chi connectivity index (χ4v) is 4.62. The minimum Gasteiger partial charge on any atom is -0.478 e. The van der Waals surface area contributed by atoms with Crippen LogP contribution in [0.25, 0.3) is 11.1 Å². The molecular weight excluding hydrogens is 426 g/mol. The number of anilines is 2. The van der Waals surface area contributed by atoms with Crippen molar-refractivity contribution in [2.24, 2.45) is 0 Å². The second-order valence-electron chi connectivity index (χ2n) is 8.62. The van der Waals surface area contributed by atoms with Crippen molar-refractivity contribution in [3.05, 3.63) is 77.1 Å². The Kier molecular flexibility index (Phi) is 7.93. The second kappa shape index (κ2) is 11.3. The highest BCUT2D eigenvalue weighted by molar-refractivity contribution is 5.97. The van der Waals surface area contributed by atoms with E-state index in [1.54, 1.807) is 12.4 Å². The first-order valence-corrected chi connectivity index (χ1v) is 12.1. The summed E-state index contributed by atoms with van der Waals surface area (Å²) in [5.41, 5.74) is 7.41. The van der Waals surface area contributed by atoms with Crippen molar-refractivity contribution in [3.63, 3.8) is 0 Å². The van der Waals surface area contributed by atoms with Crippen molar-refractivity contribution >= 4 is 17.3 Å². The molecule has 3 aromatic rings. The SMILES string of the molecule is CCc1cc(-c2ccncc2)cc(CC)c1Nc1cccc(CN2CCCOCC2)c1C(=O)O. The van der Waals surface area contributed by atoms with Crippen molar-refractivity contribution in [1.29, 1.82) is 0 Å². The molecule has 0 spiro atoms. The van der Waals surface area contributed by atoms with Gasteiger partial charge in [-0.2, -0.15) is 0 Å². The highest BCUT2D eigenvalue weighted by atomic mass is 16.5. The molecule has 0 unspecified atom stereocenters. The molecular formula is C28H33N3O3. The summed E-state index contributed by atoms with van der Waals surface area (Å²) >= 11 is 0. The minimum absolute atomic E-state index is 0.343. The maximum Gasteiger partial charge on any atom is 0.338 e. The third kappa shape index (κ3) is 5.46. The molecule has 2 aromatic carbocycles. The van der Waals surface area contributed by atoms with Gasteiger partial charge in [-0.3, -0.25) is 9.88 Å². The van der Waals surface area contributed by atoms with Crippen LogP contribution in [0, 0.1) is 0 Å². The first-order chi connectivity index (χ1) is 16.6. The summed E-state index contributed by atoms with van der Waals surface area (Å²) in [6, 6.07) is 14.2. The van der Waals surface area contributed by atoms with Crippen molar-refractivity contribution < 1.29 is 14.6 Å². The summed E-state index contributed by atoms with van der Waals surface area (Å²) in [5.74, 6) is -0.909. The molecule has 0 bridgehead atoms. The molecule has 4 rings (SSSR count). The smallest absolute Gasteiger partial charge is 0.338 e. The van der Waals surface area contributed by atoms with Crippen molar-refractivity contribution in [1.82, 2.24) is 9.88 Å². The van der Waals surface area contributed by atoms with Gasteiger partial charge in [0.15, 0.2) is 0 Å². The van der Waals surface area contributed by atoms with Gasteiger partial charge in [-0.1, -0.05) is 26.0 Å². The summed E-state index contributed by atoms with van der Waals surface area (Å²) < 4.78 is 5.56. The number of rotatable bonds is 8. The average Bonchev–Trinajstić information content (AvgIpc) is 3.13. The highest BCUT2D eigenvalue weighted by Gasteiger charge is 2.20. The lowest BCUT2D eigenvalue weighted by Gasteiger charge is -2.23. The van der Waals surface area contributed by atoms with Crippen LogP contribution in [0.5, 0.6) is 0 Å². The third-order valence-corrected chi connectivity index (χ3v) is 6.41. The molecule has 6 heteroatoms. The van der Waals surface area contributed by atoms with E-state index in [4.69, 9.17) is 4.74 Å². The predicted molar refractivity (Wildman–Crippen MR) is 136 cm³/mol. The van der Waals surface area contributed by atoms with Gasteiger partial charge in [0.25, 0.3) is 0 Å². The normalized spacial score (nSPS) is 14.5. The first-order valence-electron chi connectivity index (χ1n) is 12.1. The maximum atomic E-state index is 12.4. The molecule has 0 radical (unpaired) electrons. The molecule has 0 aliphatic carbocycles. The number of hydrogen-bond donors (Lipinski definition) is 2. The molecule has 0 atom stereocenters. The molecule has 6 nitrogen and oxygen atoms in total. The van der Waals surface area contributed by atoms with Gasteiger partial charge < -0.3 is 15.2 Å². The van der Waals surface area contributed by atoms with Gasteiger partial charge in [0, 0.05) is 44.3 Å². The molecule has 34 heavy (non-hydrogen) atoms. The van der Waals surface area contributed by atoms with Crippen molar-refractivity contribution in [2.45, 2.75) is 39.7 Å². The summed E-state index contributed by atoms with van der Waals surface area (Å²) in [4.78, 5) is 18.8. The topological polar surface area (TPSA) is 74.7 Å². The Morgan fingerprint density at radius 3 is 2.41 bits per heavy atom. The molecule has 1 aromatic heterocycles. The van der Waals surface area contributed by atoms with Gasteiger partial charge >= 0.3 is 5.97 Å². The first kappa shape index (κ1) is 23.9. The van der Waals surface area contributed by atoms with Gasteiger partial charge in [0.2, 0.25) is 0 Å².